The molecule has 7 heteroatoms. The molecule has 0 bridgehead atoms. The van der Waals surface area contributed by atoms with Crippen molar-refractivity contribution in [3.63, 3.8) is 0 Å². The van der Waals surface area contributed by atoms with Gasteiger partial charge < -0.3 is 9.64 Å². The third-order valence-corrected chi connectivity index (χ3v) is 5.50. The Morgan fingerprint density at radius 3 is 2.45 bits per heavy atom. The van der Waals surface area contributed by atoms with Crippen LogP contribution in [-0.2, 0) is 25.5 Å². The first-order chi connectivity index (χ1) is 14.0. The maximum absolute atomic E-state index is 13.2. The number of benzene rings is 2. The Morgan fingerprint density at radius 2 is 1.74 bits per heavy atom. The van der Waals surface area contributed by atoms with Crippen LogP contribution in [-0.4, -0.2) is 36.3 Å². The molecular weight excluding hydrogens is 412 g/mol. The van der Waals surface area contributed by atoms with Crippen LogP contribution in [0.2, 0.25) is 0 Å². The number of cyclic esters (lactones) is 1. The van der Waals surface area contributed by atoms with Gasteiger partial charge in [0.15, 0.2) is 0 Å². The number of Topliss-reactive ketones (excluding diaryl/α,β-unsaturated/α-hetero) is 1. The Labute approximate surface area is 190 Å². The van der Waals surface area contributed by atoms with Gasteiger partial charge in [-0.2, -0.15) is 13.5 Å². The second-order valence-corrected chi connectivity index (χ2v) is 7.64. The summed E-state index contributed by atoms with van der Waals surface area (Å²) in [5.41, 5.74) is 2.75. The normalized spacial score (nSPS) is 22.5. The van der Waals surface area contributed by atoms with Gasteiger partial charge >= 0.3 is 5.97 Å². The number of ether oxygens (including phenoxy) is 1. The summed E-state index contributed by atoms with van der Waals surface area (Å²) >= 11 is 0. The molecule has 2 aliphatic rings. The van der Waals surface area contributed by atoms with Crippen molar-refractivity contribution in [1.29, 1.82) is 0 Å². The lowest BCUT2D eigenvalue weighted by Crippen LogP contribution is -2.51. The zero-order valence-corrected chi connectivity index (χ0v) is 17.8. The van der Waals surface area contributed by atoms with E-state index in [9.17, 15) is 14.4 Å². The van der Waals surface area contributed by atoms with E-state index < -0.39 is 12.1 Å². The second-order valence-electron chi connectivity index (χ2n) is 7.64. The molecule has 0 aromatic heterocycles. The molecule has 0 aliphatic carbocycles. The average Bonchev–Trinajstić information content (AvgIpc) is 3.04. The largest absolute Gasteiger partial charge is 0.456 e. The van der Waals surface area contributed by atoms with Crippen molar-refractivity contribution < 1.29 is 19.1 Å². The number of amides is 1. The van der Waals surface area contributed by atoms with E-state index in [2.05, 4.69) is 5.32 Å². The Balaban J connectivity index is 0.00000171. The minimum absolute atomic E-state index is 0. The third-order valence-electron chi connectivity index (χ3n) is 5.50. The Kier molecular flexibility index (Phi) is 8.42. The maximum Gasteiger partial charge on any atom is 0.323 e. The molecule has 2 aliphatic heterocycles. The summed E-state index contributed by atoms with van der Waals surface area (Å²) in [6.07, 6.45) is 1.42. The molecule has 166 valence electrons. The van der Waals surface area contributed by atoms with Crippen LogP contribution in [0.15, 0.2) is 54.6 Å². The number of hydrogen-bond donors (Lipinski definition) is 1. The molecule has 0 radical (unpaired) electrons. The predicted molar refractivity (Wildman–Crippen MR) is 126 cm³/mol. The van der Waals surface area contributed by atoms with Gasteiger partial charge in [0.1, 0.15) is 17.9 Å². The van der Waals surface area contributed by atoms with Gasteiger partial charge in [0.05, 0.1) is 12.6 Å². The number of anilines is 1. The summed E-state index contributed by atoms with van der Waals surface area (Å²) in [6, 6.07) is 16.2. The second kappa shape index (κ2) is 10.6. The van der Waals surface area contributed by atoms with E-state index in [-0.39, 0.29) is 51.2 Å². The first-order valence-corrected chi connectivity index (χ1v) is 9.93. The smallest absolute Gasteiger partial charge is 0.323 e. The molecule has 1 N–H and O–H groups in total. The predicted octanol–water partition coefficient (Wildman–Crippen LogP) is 3.32. The molecule has 0 saturated carbocycles. The third kappa shape index (κ3) is 5.35. The summed E-state index contributed by atoms with van der Waals surface area (Å²) in [6.45, 7) is 1.50. The van der Waals surface area contributed by atoms with Gasteiger partial charge in [0, 0.05) is 12.1 Å². The number of nitrogens with one attached hydrogen (secondary N) is 1. The van der Waals surface area contributed by atoms with Crippen LogP contribution in [0, 0.1) is 0 Å². The van der Waals surface area contributed by atoms with Gasteiger partial charge in [-0.25, -0.2) is 0 Å². The highest BCUT2D eigenvalue weighted by Gasteiger charge is 2.39. The van der Waals surface area contributed by atoms with Crippen molar-refractivity contribution in [2.75, 3.05) is 11.4 Å². The van der Waals surface area contributed by atoms with Crippen LogP contribution in [0.5, 0.6) is 0 Å². The van der Waals surface area contributed by atoms with E-state index in [1.54, 1.807) is 0 Å². The molecule has 2 aromatic rings. The fourth-order valence-electron chi connectivity index (χ4n) is 4.09. The quantitative estimate of drug-likeness (QED) is 0.719. The molecule has 6 nitrogen and oxygen atoms in total. The monoisotopic (exact) mass is 442 g/mol. The number of aryl methyl sites for hydroxylation is 1. The van der Waals surface area contributed by atoms with Gasteiger partial charge in [0.2, 0.25) is 5.91 Å². The number of hydrogen-bond acceptors (Lipinski definition) is 5. The zero-order chi connectivity index (χ0) is 20.4. The van der Waals surface area contributed by atoms with Crippen molar-refractivity contribution >= 4 is 36.8 Å². The molecule has 1 fully saturated rings. The summed E-state index contributed by atoms with van der Waals surface area (Å²) in [7, 11) is 0. The van der Waals surface area contributed by atoms with E-state index in [1.807, 2.05) is 54.6 Å². The van der Waals surface area contributed by atoms with Gasteiger partial charge in [-0.1, -0.05) is 56.0 Å². The van der Waals surface area contributed by atoms with E-state index in [4.69, 9.17) is 4.74 Å². The summed E-state index contributed by atoms with van der Waals surface area (Å²) in [5.74, 6) is -0.606. The van der Waals surface area contributed by atoms with Crippen molar-refractivity contribution in [1.82, 2.24) is 5.32 Å². The van der Waals surface area contributed by atoms with Gasteiger partial charge in [-0.15, -0.1) is 0 Å². The molecule has 4 rings (SSSR count). The van der Waals surface area contributed by atoms with E-state index in [0.29, 0.717) is 19.3 Å². The average molecular weight is 443 g/mol. The first kappa shape index (κ1) is 24.6. The number of carbonyl (C=O) groups excluding carboxylic acids is 3. The van der Waals surface area contributed by atoms with Crippen LogP contribution in [0.3, 0.4) is 0 Å². The minimum atomic E-state index is -0.547. The standard InChI is InChI=1S/C23H24N2O4.CH4.H2S/c1-15(26)14-25-20-10-6-5-7-16(20)11-12-18(22(25)27)24-19-13-21(29-23(19)28)17-8-3-2-4-9-17;;/h2-10,18-19,21,24H,11-14H2,1H3;1H4;1H2/t18-,19?,21?;;/m0../s1. The molecule has 2 heterocycles. The van der Waals surface area contributed by atoms with Crippen molar-refractivity contribution in [3.05, 3.63) is 65.7 Å². The first-order valence-electron chi connectivity index (χ1n) is 9.93. The molecular formula is C24H30N2O4S. The van der Waals surface area contributed by atoms with E-state index >= 15 is 0 Å². The lowest BCUT2D eigenvalue weighted by Gasteiger charge is -2.26. The van der Waals surface area contributed by atoms with Crippen molar-refractivity contribution in [2.45, 2.75) is 51.8 Å². The highest BCUT2D eigenvalue weighted by molar-refractivity contribution is 7.59. The fourth-order valence-corrected chi connectivity index (χ4v) is 4.09. The number of nitrogens with zero attached hydrogens (tertiary/aromatic N) is 1. The molecule has 2 aromatic carbocycles. The summed E-state index contributed by atoms with van der Waals surface area (Å²) < 4.78 is 5.54. The van der Waals surface area contributed by atoms with Crippen LogP contribution < -0.4 is 10.2 Å². The number of rotatable bonds is 5. The number of para-hydroxylation sites is 1. The summed E-state index contributed by atoms with van der Waals surface area (Å²) in [5, 5.41) is 3.22. The Hall–Kier alpha value is -2.64. The highest BCUT2D eigenvalue weighted by atomic mass is 32.1. The number of esters is 1. The zero-order valence-electron chi connectivity index (χ0n) is 16.8. The molecule has 1 saturated heterocycles. The van der Waals surface area contributed by atoms with Gasteiger partial charge in [-0.3, -0.25) is 19.7 Å². The van der Waals surface area contributed by atoms with E-state index in [1.165, 1.54) is 11.8 Å². The number of carbonyl (C=O) groups is 3. The van der Waals surface area contributed by atoms with Gasteiger partial charge in [0.25, 0.3) is 0 Å². The minimum Gasteiger partial charge on any atom is -0.456 e. The Bertz CT molecular complexity index is 934. The van der Waals surface area contributed by atoms with Crippen molar-refractivity contribution in [2.24, 2.45) is 0 Å². The van der Waals surface area contributed by atoms with E-state index in [0.717, 1.165) is 16.8 Å². The topological polar surface area (TPSA) is 75.7 Å². The molecule has 1 amide bonds. The van der Waals surface area contributed by atoms with Crippen LogP contribution in [0.4, 0.5) is 5.69 Å². The number of fused-ring (bicyclic) bond motifs is 1. The molecule has 0 spiro atoms. The fraction of sp³-hybridized carbons (Fsp3) is 0.375. The van der Waals surface area contributed by atoms with Crippen LogP contribution in [0.1, 0.15) is 44.4 Å². The molecule has 31 heavy (non-hydrogen) atoms. The SMILES string of the molecule is C.CC(=O)CN1C(=O)[C@@H](NC2CC(c3ccccc3)OC2=O)CCc2ccccc21.S. The lowest BCUT2D eigenvalue weighted by atomic mass is 10.0. The number of ketones is 1. The van der Waals surface area contributed by atoms with Gasteiger partial charge in [-0.05, 0) is 37.0 Å². The van der Waals surface area contributed by atoms with Crippen LogP contribution >= 0.6 is 13.5 Å². The highest BCUT2D eigenvalue weighted by Crippen LogP contribution is 2.31. The van der Waals surface area contributed by atoms with Crippen LogP contribution in [0.25, 0.3) is 0 Å². The maximum atomic E-state index is 13.2. The van der Waals surface area contributed by atoms with Crippen molar-refractivity contribution in [3.8, 4) is 0 Å². The molecule has 3 atom stereocenters. The lowest BCUT2D eigenvalue weighted by molar-refractivity contribution is -0.143. The summed E-state index contributed by atoms with van der Waals surface area (Å²) in [4.78, 5) is 39.0. The Morgan fingerprint density at radius 1 is 1.06 bits per heavy atom. The molecule has 2 unspecified atom stereocenters.